The van der Waals surface area contributed by atoms with Gasteiger partial charge in [-0.1, -0.05) is 103 Å². The van der Waals surface area contributed by atoms with Crippen LogP contribution in [0.5, 0.6) is 0 Å². The van der Waals surface area contributed by atoms with E-state index in [0.29, 0.717) is 11.3 Å². The fraction of sp³-hybridized carbons (Fsp3) is 0.420. The SMILES string of the molecule is CC(C)(C)c1[c-]c2c(cc1)-c1ccc(C(C)(C)C)cc1C2.CC1[C-]=CC(C23CC4CC(CC(C4)C2)C3)=C1.[Cl-].[Cl-].[Zr+2]=[C](c1ccccc1)c1ccccc1. The van der Waals surface area contributed by atoms with E-state index in [1.54, 1.807) is 24.8 Å². The molecule has 4 fully saturated rings. The molecule has 0 spiro atoms. The molecule has 10 rings (SSSR count). The summed E-state index contributed by atoms with van der Waals surface area (Å²) in [6, 6.07) is 36.3. The molecule has 6 aliphatic rings. The van der Waals surface area contributed by atoms with Crippen molar-refractivity contribution in [1.29, 1.82) is 0 Å². The molecule has 0 amide bonds. The Morgan fingerprint density at radius 2 is 1.21 bits per heavy atom. The van der Waals surface area contributed by atoms with Gasteiger partial charge in [0.15, 0.2) is 0 Å². The zero-order valence-electron chi connectivity index (χ0n) is 32.8. The van der Waals surface area contributed by atoms with Gasteiger partial charge in [-0.3, -0.25) is 6.08 Å². The van der Waals surface area contributed by atoms with Gasteiger partial charge in [-0.15, -0.1) is 11.1 Å². The summed E-state index contributed by atoms with van der Waals surface area (Å²) in [6.45, 7) is 15.9. The molecule has 0 aliphatic heterocycles. The summed E-state index contributed by atoms with van der Waals surface area (Å²) in [4.78, 5) is 0. The molecule has 4 aromatic rings. The summed E-state index contributed by atoms with van der Waals surface area (Å²) in [5.74, 6) is 3.77. The maximum absolute atomic E-state index is 3.67. The third-order valence-electron chi connectivity index (χ3n) is 12.2. The summed E-state index contributed by atoms with van der Waals surface area (Å²) in [5.41, 5.74) is 13.6. The van der Waals surface area contributed by atoms with Crippen molar-refractivity contribution < 1.29 is 49.0 Å². The fourth-order valence-corrected chi connectivity index (χ4v) is 10.6. The topological polar surface area (TPSA) is 0 Å². The van der Waals surface area contributed by atoms with Gasteiger partial charge in [0.05, 0.1) is 0 Å². The Balaban J connectivity index is 0.000000154. The molecule has 4 bridgehead atoms. The van der Waals surface area contributed by atoms with Gasteiger partial charge in [0.2, 0.25) is 0 Å². The fourth-order valence-electron chi connectivity index (χ4n) is 9.78. The van der Waals surface area contributed by atoms with E-state index in [2.05, 4.69) is 164 Å². The van der Waals surface area contributed by atoms with Crippen molar-refractivity contribution in [2.75, 3.05) is 0 Å². The van der Waals surface area contributed by atoms with Crippen molar-refractivity contribution in [2.24, 2.45) is 29.1 Å². The zero-order chi connectivity index (χ0) is 36.0. The van der Waals surface area contributed by atoms with Crippen molar-refractivity contribution in [2.45, 2.75) is 104 Å². The molecule has 4 aromatic carbocycles. The van der Waals surface area contributed by atoms with Crippen molar-refractivity contribution >= 4 is 3.21 Å². The summed E-state index contributed by atoms with van der Waals surface area (Å²) >= 11 is 1.46. The molecule has 276 valence electrons. The van der Waals surface area contributed by atoms with Gasteiger partial charge in [-0.25, -0.2) is 6.08 Å². The Hall–Kier alpha value is -2.31. The summed E-state index contributed by atoms with van der Waals surface area (Å²) in [7, 11) is 0. The first kappa shape index (κ1) is 41.8. The molecule has 1 unspecified atom stereocenters. The Bertz CT molecular complexity index is 1800. The molecule has 0 saturated heterocycles. The summed E-state index contributed by atoms with van der Waals surface area (Å²) in [5, 5.41) is 0. The van der Waals surface area contributed by atoms with Gasteiger partial charge in [-0.05, 0) is 65.4 Å². The first-order valence-corrected chi connectivity index (χ1v) is 20.7. The number of benzene rings is 4. The maximum atomic E-state index is 3.67. The Kier molecular flexibility index (Phi) is 13.3. The van der Waals surface area contributed by atoms with Crippen LogP contribution in [0.25, 0.3) is 11.1 Å². The van der Waals surface area contributed by atoms with E-state index in [4.69, 9.17) is 0 Å². The number of rotatable bonds is 3. The van der Waals surface area contributed by atoms with E-state index >= 15 is 0 Å². The molecule has 4 saturated carbocycles. The predicted octanol–water partition coefficient (Wildman–Crippen LogP) is 6.60. The van der Waals surface area contributed by atoms with Crippen LogP contribution < -0.4 is 24.8 Å². The van der Waals surface area contributed by atoms with E-state index in [1.807, 2.05) is 0 Å². The van der Waals surface area contributed by atoms with Crippen LogP contribution in [-0.4, -0.2) is 3.21 Å². The number of hydrogen-bond acceptors (Lipinski definition) is 0. The number of allylic oxidation sites excluding steroid dienone is 4. The van der Waals surface area contributed by atoms with Crippen molar-refractivity contribution in [3.8, 4) is 11.1 Å². The van der Waals surface area contributed by atoms with Gasteiger partial charge in [-0.2, -0.15) is 35.4 Å². The van der Waals surface area contributed by atoms with Crippen LogP contribution in [0, 0.1) is 41.2 Å². The van der Waals surface area contributed by atoms with Crippen LogP contribution in [-0.2, 0) is 41.5 Å². The molecule has 0 aromatic heterocycles. The van der Waals surface area contributed by atoms with E-state index < -0.39 is 0 Å². The average molecular weight is 819 g/mol. The molecule has 53 heavy (non-hydrogen) atoms. The molecular weight excluding hydrogens is 763 g/mol. The van der Waals surface area contributed by atoms with Gasteiger partial charge in [0, 0.05) is 0 Å². The standard InChI is InChI=1S/C21H25.C16H21.C13H10.2ClH.Zr/c1-20(2,3)16-7-9-18-14(12-16)11-15-13-17(21(4,5)6)8-10-19(15)18;1-11-2-3-15(4-11)16-8-12-5-13(9-16)7-14(6-12)10-16;1-3-7-12(8-4-1)11-13-9-5-2-6-10-13;;;/h7-10,12H,11H2,1-6H3;3-4,11-14H,5-10H2,1H3;1-10H;2*1H;/q2*-1;;;;+2/p-2. The molecule has 0 radical (unpaired) electrons. The number of halogens is 2. The molecular formula is C50H56Cl2Zr-2. The normalized spacial score (nSPS) is 24.3. The Labute approximate surface area is 348 Å². The first-order valence-electron chi connectivity index (χ1n) is 19.5. The molecule has 6 aliphatic carbocycles. The molecule has 0 N–H and O–H groups in total. The third-order valence-corrected chi connectivity index (χ3v) is 13.6. The monoisotopic (exact) mass is 816 g/mol. The van der Waals surface area contributed by atoms with Crippen LogP contribution in [0.2, 0.25) is 0 Å². The molecule has 0 nitrogen and oxygen atoms in total. The van der Waals surface area contributed by atoms with E-state index in [9.17, 15) is 0 Å². The van der Waals surface area contributed by atoms with Crippen molar-refractivity contribution in [3.63, 3.8) is 0 Å². The Morgan fingerprint density at radius 1 is 0.679 bits per heavy atom. The quantitative estimate of drug-likeness (QED) is 0.180. The molecule has 3 heteroatoms. The minimum absolute atomic E-state index is 0. The second-order valence-corrected chi connectivity index (χ2v) is 19.6. The molecule has 0 heterocycles. The number of hydrogen-bond donors (Lipinski definition) is 0. The zero-order valence-corrected chi connectivity index (χ0v) is 36.8. The second kappa shape index (κ2) is 16.8. The third kappa shape index (κ3) is 9.39. The van der Waals surface area contributed by atoms with E-state index in [1.165, 1.54) is 91.2 Å². The van der Waals surface area contributed by atoms with Crippen molar-refractivity contribution in [1.82, 2.24) is 0 Å². The van der Waals surface area contributed by atoms with Gasteiger partial charge < -0.3 is 24.8 Å². The summed E-state index contributed by atoms with van der Waals surface area (Å²) in [6.07, 6.45) is 18.5. The van der Waals surface area contributed by atoms with Crippen LogP contribution >= 0.6 is 0 Å². The second-order valence-electron chi connectivity index (χ2n) is 18.3. The van der Waals surface area contributed by atoms with Gasteiger partial charge in [0.1, 0.15) is 0 Å². The Morgan fingerprint density at radius 3 is 1.68 bits per heavy atom. The predicted molar refractivity (Wildman–Crippen MR) is 213 cm³/mol. The van der Waals surface area contributed by atoms with Crippen molar-refractivity contribution in [3.05, 3.63) is 154 Å². The summed E-state index contributed by atoms with van der Waals surface area (Å²) < 4.78 is 1.42. The van der Waals surface area contributed by atoms with E-state index in [-0.39, 0.29) is 35.6 Å². The van der Waals surface area contributed by atoms with Gasteiger partial charge in [0.25, 0.3) is 0 Å². The first-order chi connectivity index (χ1) is 24.3. The van der Waals surface area contributed by atoms with E-state index in [0.717, 1.165) is 24.2 Å². The van der Waals surface area contributed by atoms with Crippen LogP contribution in [0.4, 0.5) is 0 Å². The average Bonchev–Trinajstić information content (AvgIpc) is 3.71. The minimum atomic E-state index is 0. The molecule has 1 atom stereocenters. The van der Waals surface area contributed by atoms with Crippen LogP contribution in [0.15, 0.2) is 109 Å². The van der Waals surface area contributed by atoms with Gasteiger partial charge >= 0.3 is 99.2 Å². The van der Waals surface area contributed by atoms with Crippen LogP contribution in [0.3, 0.4) is 0 Å². The number of fused-ring (bicyclic) bond motifs is 3. The van der Waals surface area contributed by atoms with Crippen LogP contribution in [0.1, 0.15) is 120 Å².